The minimum absolute atomic E-state index is 0.679. The van der Waals surface area contributed by atoms with Crippen LogP contribution in [0, 0.1) is 0 Å². The van der Waals surface area contributed by atoms with Gasteiger partial charge >= 0.3 is 17.8 Å². The maximum Gasteiger partial charge on any atom is 0.408 e. The molecule has 7 nitrogen and oxygen atoms in total. The van der Waals surface area contributed by atoms with E-state index in [2.05, 4.69) is 0 Å². The van der Waals surface area contributed by atoms with Gasteiger partial charge in [0.15, 0.2) is 0 Å². The molecule has 0 bridgehead atoms. The number of ether oxygens (including phenoxy) is 1. The standard InChI is InChI=1S/C10H17F2NO6S/c1-10(2,3)19-9(16)13-6(7(14)15)4-5-20(17,18)8(11)12/h6,8H,4-5H2,1-3H3,(H,13,16)(H,14,15). The molecule has 0 aromatic heterocycles. The van der Waals surface area contributed by atoms with Gasteiger partial charge in [-0.1, -0.05) is 0 Å². The van der Waals surface area contributed by atoms with Crippen molar-refractivity contribution in [3.05, 3.63) is 0 Å². The zero-order valence-corrected chi connectivity index (χ0v) is 12.0. The number of halogens is 2. The van der Waals surface area contributed by atoms with Gasteiger partial charge in [0.1, 0.15) is 11.6 Å². The van der Waals surface area contributed by atoms with E-state index in [9.17, 15) is 26.8 Å². The highest BCUT2D eigenvalue weighted by molar-refractivity contribution is 7.91. The second-order valence-electron chi connectivity index (χ2n) is 4.95. The van der Waals surface area contributed by atoms with Crippen molar-refractivity contribution in [1.82, 2.24) is 5.32 Å². The maximum absolute atomic E-state index is 12.1. The number of sulfone groups is 1. The number of carbonyl (C=O) groups is 2. The van der Waals surface area contributed by atoms with E-state index < -0.39 is 51.5 Å². The summed E-state index contributed by atoms with van der Waals surface area (Å²) in [6.07, 6.45) is -1.75. The number of rotatable bonds is 6. The summed E-state index contributed by atoms with van der Waals surface area (Å²) in [5.74, 6) is -6.18. The summed E-state index contributed by atoms with van der Waals surface area (Å²) in [6, 6.07) is -1.63. The first-order valence-electron chi connectivity index (χ1n) is 5.57. The van der Waals surface area contributed by atoms with Crippen LogP contribution in [0.3, 0.4) is 0 Å². The molecule has 0 aliphatic heterocycles. The monoisotopic (exact) mass is 317 g/mol. The Morgan fingerprint density at radius 3 is 2.15 bits per heavy atom. The number of aliphatic carboxylic acids is 1. The lowest BCUT2D eigenvalue weighted by atomic mass is 10.2. The van der Waals surface area contributed by atoms with Crippen LogP contribution in [0.4, 0.5) is 13.6 Å². The van der Waals surface area contributed by atoms with Crippen molar-refractivity contribution in [1.29, 1.82) is 0 Å². The molecule has 0 saturated carbocycles. The molecule has 0 radical (unpaired) electrons. The number of alkyl carbamates (subject to hydrolysis) is 1. The fourth-order valence-corrected chi connectivity index (χ4v) is 1.82. The Morgan fingerprint density at radius 2 is 1.80 bits per heavy atom. The number of alkyl halides is 2. The molecular weight excluding hydrogens is 300 g/mol. The second-order valence-corrected chi connectivity index (χ2v) is 7.04. The summed E-state index contributed by atoms with van der Waals surface area (Å²) < 4.78 is 50.8. The summed E-state index contributed by atoms with van der Waals surface area (Å²) in [7, 11) is -4.69. The fourth-order valence-electron chi connectivity index (χ4n) is 1.08. The van der Waals surface area contributed by atoms with E-state index in [1.807, 2.05) is 5.32 Å². The highest BCUT2D eigenvalue weighted by Crippen LogP contribution is 2.10. The first-order valence-corrected chi connectivity index (χ1v) is 7.29. The topological polar surface area (TPSA) is 110 Å². The van der Waals surface area contributed by atoms with Crippen molar-refractivity contribution in [2.45, 2.75) is 44.6 Å². The molecule has 0 saturated heterocycles. The Hall–Kier alpha value is -1.45. The number of carboxylic acid groups (broad SMARTS) is 1. The summed E-state index contributed by atoms with van der Waals surface area (Å²) >= 11 is 0. The van der Waals surface area contributed by atoms with Gasteiger partial charge in [-0.15, -0.1) is 0 Å². The lowest BCUT2D eigenvalue weighted by molar-refractivity contribution is -0.139. The van der Waals surface area contributed by atoms with Crippen LogP contribution in [0.15, 0.2) is 0 Å². The quantitative estimate of drug-likeness (QED) is 0.756. The molecule has 20 heavy (non-hydrogen) atoms. The smallest absolute Gasteiger partial charge is 0.408 e. The number of carbonyl (C=O) groups excluding carboxylic acids is 1. The van der Waals surface area contributed by atoms with Gasteiger partial charge in [-0.25, -0.2) is 18.0 Å². The lowest BCUT2D eigenvalue weighted by Gasteiger charge is -2.21. The van der Waals surface area contributed by atoms with Crippen molar-refractivity contribution in [3.8, 4) is 0 Å². The highest BCUT2D eigenvalue weighted by atomic mass is 32.2. The van der Waals surface area contributed by atoms with Crippen LogP contribution in [-0.4, -0.2) is 48.7 Å². The van der Waals surface area contributed by atoms with Crippen LogP contribution in [0.25, 0.3) is 0 Å². The Bertz CT molecular complexity index is 457. The van der Waals surface area contributed by atoms with Crippen LogP contribution in [0.2, 0.25) is 0 Å². The molecule has 1 unspecified atom stereocenters. The van der Waals surface area contributed by atoms with Gasteiger partial charge in [0.25, 0.3) is 0 Å². The third-order valence-electron chi connectivity index (χ3n) is 1.95. The van der Waals surface area contributed by atoms with Crippen molar-refractivity contribution in [3.63, 3.8) is 0 Å². The van der Waals surface area contributed by atoms with Crippen LogP contribution in [0.5, 0.6) is 0 Å². The minimum atomic E-state index is -4.69. The predicted octanol–water partition coefficient (Wildman–Crippen LogP) is 0.992. The minimum Gasteiger partial charge on any atom is -0.480 e. The normalized spacial score (nSPS) is 13.9. The van der Waals surface area contributed by atoms with Gasteiger partial charge < -0.3 is 15.2 Å². The van der Waals surface area contributed by atoms with E-state index in [0.717, 1.165) is 0 Å². The molecule has 0 aliphatic carbocycles. The van der Waals surface area contributed by atoms with Crippen molar-refractivity contribution in [2.75, 3.05) is 5.75 Å². The summed E-state index contributed by atoms with van der Waals surface area (Å²) in [4.78, 5) is 22.2. The molecule has 0 rings (SSSR count). The summed E-state index contributed by atoms with van der Waals surface area (Å²) in [5.41, 5.74) is -0.873. The number of hydrogen-bond donors (Lipinski definition) is 2. The largest absolute Gasteiger partial charge is 0.480 e. The Kier molecular flexibility index (Phi) is 6.32. The molecule has 0 spiro atoms. The first kappa shape index (κ1) is 18.6. The van der Waals surface area contributed by atoms with E-state index in [4.69, 9.17) is 9.84 Å². The second kappa shape index (κ2) is 6.82. The van der Waals surface area contributed by atoms with Gasteiger partial charge in [0.05, 0.1) is 5.75 Å². The van der Waals surface area contributed by atoms with E-state index in [0.29, 0.717) is 0 Å². The molecule has 2 N–H and O–H groups in total. The molecule has 10 heteroatoms. The number of nitrogens with one attached hydrogen (secondary N) is 1. The zero-order chi connectivity index (χ0) is 16.1. The van der Waals surface area contributed by atoms with Crippen molar-refractivity contribution < 1.29 is 36.6 Å². The number of carboxylic acids is 1. The Labute approximate surface area is 115 Å². The average molecular weight is 317 g/mol. The average Bonchev–Trinajstić information content (AvgIpc) is 2.20. The number of amides is 1. The van der Waals surface area contributed by atoms with E-state index >= 15 is 0 Å². The van der Waals surface area contributed by atoms with Crippen LogP contribution < -0.4 is 5.32 Å². The number of hydrogen-bond acceptors (Lipinski definition) is 5. The fraction of sp³-hybridized carbons (Fsp3) is 0.800. The van der Waals surface area contributed by atoms with E-state index in [1.54, 1.807) is 20.8 Å². The summed E-state index contributed by atoms with van der Waals surface area (Å²) in [6.45, 7) is 4.64. The lowest BCUT2D eigenvalue weighted by Crippen LogP contribution is -2.44. The molecule has 0 heterocycles. The van der Waals surface area contributed by atoms with Crippen molar-refractivity contribution in [2.24, 2.45) is 0 Å². The van der Waals surface area contributed by atoms with Crippen LogP contribution >= 0.6 is 0 Å². The SMILES string of the molecule is CC(C)(C)OC(=O)NC(CCS(=O)(=O)C(F)F)C(=O)O. The maximum atomic E-state index is 12.1. The highest BCUT2D eigenvalue weighted by Gasteiger charge is 2.29. The molecule has 0 fully saturated rings. The Morgan fingerprint density at radius 1 is 1.30 bits per heavy atom. The third-order valence-corrected chi connectivity index (χ3v) is 3.30. The van der Waals surface area contributed by atoms with Gasteiger partial charge in [-0.2, -0.15) is 8.78 Å². The Balaban J connectivity index is 4.62. The van der Waals surface area contributed by atoms with Gasteiger partial charge in [0.2, 0.25) is 9.84 Å². The van der Waals surface area contributed by atoms with Crippen LogP contribution in [0.1, 0.15) is 27.2 Å². The van der Waals surface area contributed by atoms with E-state index in [-0.39, 0.29) is 0 Å². The van der Waals surface area contributed by atoms with Crippen LogP contribution in [-0.2, 0) is 19.4 Å². The van der Waals surface area contributed by atoms with Gasteiger partial charge in [0, 0.05) is 0 Å². The van der Waals surface area contributed by atoms with Gasteiger partial charge in [-0.05, 0) is 27.2 Å². The van der Waals surface area contributed by atoms with E-state index in [1.165, 1.54) is 0 Å². The molecule has 1 amide bonds. The van der Waals surface area contributed by atoms with Gasteiger partial charge in [-0.3, -0.25) is 0 Å². The molecule has 0 aliphatic rings. The predicted molar refractivity (Wildman–Crippen MR) is 65.2 cm³/mol. The first-order chi connectivity index (χ1) is 8.85. The van der Waals surface area contributed by atoms with Crippen molar-refractivity contribution >= 4 is 21.9 Å². The molecule has 1 atom stereocenters. The third kappa shape index (κ3) is 7.22. The molecule has 0 aromatic carbocycles. The molecule has 0 aromatic rings. The zero-order valence-electron chi connectivity index (χ0n) is 11.2. The molecular formula is C10H17F2NO6S. The summed E-state index contributed by atoms with van der Waals surface area (Å²) in [5, 5.41) is 10.7. The molecule has 118 valence electrons.